The van der Waals surface area contributed by atoms with Crippen molar-refractivity contribution in [1.29, 1.82) is 0 Å². The molecule has 82 valence electrons. The Labute approximate surface area is 92.0 Å². The van der Waals surface area contributed by atoms with E-state index in [0.29, 0.717) is 11.4 Å². The van der Waals surface area contributed by atoms with E-state index >= 15 is 0 Å². The lowest BCUT2D eigenvalue weighted by molar-refractivity contribution is 0.0169. The van der Waals surface area contributed by atoms with Crippen LogP contribution < -0.4 is 5.32 Å². The summed E-state index contributed by atoms with van der Waals surface area (Å²) in [6, 6.07) is 0. The highest BCUT2D eigenvalue weighted by Gasteiger charge is 2.15. The van der Waals surface area contributed by atoms with Crippen molar-refractivity contribution in [3.63, 3.8) is 0 Å². The fourth-order valence-corrected chi connectivity index (χ4v) is 1.96. The minimum absolute atomic E-state index is 0.112. The molecular formula is C9H13N3O2S. The van der Waals surface area contributed by atoms with E-state index < -0.39 is 0 Å². The number of aromatic nitrogens is 2. The van der Waals surface area contributed by atoms with Crippen LogP contribution in [0.25, 0.3) is 0 Å². The first-order valence-corrected chi connectivity index (χ1v) is 5.81. The summed E-state index contributed by atoms with van der Waals surface area (Å²) in [6.07, 6.45) is 4.98. The van der Waals surface area contributed by atoms with Crippen LogP contribution in [0.2, 0.25) is 0 Å². The molecule has 5 nitrogen and oxygen atoms in total. The van der Waals surface area contributed by atoms with Crippen LogP contribution in [0, 0.1) is 0 Å². The van der Waals surface area contributed by atoms with Gasteiger partial charge in [-0.3, -0.25) is 4.79 Å². The Kier molecular flexibility index (Phi) is 3.63. The van der Waals surface area contributed by atoms with Crippen molar-refractivity contribution in [2.24, 2.45) is 0 Å². The second-order valence-electron chi connectivity index (χ2n) is 3.48. The van der Waals surface area contributed by atoms with Crippen LogP contribution in [0.4, 0.5) is 0 Å². The van der Waals surface area contributed by atoms with Gasteiger partial charge in [0.05, 0.1) is 12.3 Å². The molecule has 1 aromatic rings. The highest BCUT2D eigenvalue weighted by Crippen LogP contribution is 2.11. The van der Waals surface area contributed by atoms with Crippen molar-refractivity contribution in [3.05, 3.63) is 11.1 Å². The molecule has 1 saturated heterocycles. The molecule has 1 aliphatic rings. The molecule has 0 aromatic carbocycles. The standard InChI is InChI=1S/C9H13N3O2S/c13-9(8-6-11-12-15-8)10-5-7-3-1-2-4-14-7/h6-7H,1-5H2,(H,10,13). The Morgan fingerprint density at radius 3 is 3.27 bits per heavy atom. The van der Waals surface area contributed by atoms with Gasteiger partial charge in [0.15, 0.2) is 0 Å². The summed E-state index contributed by atoms with van der Waals surface area (Å²) in [5.74, 6) is -0.112. The van der Waals surface area contributed by atoms with Crippen LogP contribution in [0.3, 0.4) is 0 Å². The van der Waals surface area contributed by atoms with Gasteiger partial charge in [-0.1, -0.05) is 4.49 Å². The largest absolute Gasteiger partial charge is 0.376 e. The number of carbonyl (C=O) groups is 1. The van der Waals surface area contributed by atoms with Crippen molar-refractivity contribution in [1.82, 2.24) is 14.9 Å². The van der Waals surface area contributed by atoms with E-state index in [1.54, 1.807) is 0 Å². The van der Waals surface area contributed by atoms with Gasteiger partial charge in [-0.25, -0.2) is 0 Å². The third kappa shape index (κ3) is 2.97. The van der Waals surface area contributed by atoms with Crippen LogP contribution in [-0.2, 0) is 4.74 Å². The van der Waals surface area contributed by atoms with Gasteiger partial charge >= 0.3 is 0 Å². The van der Waals surface area contributed by atoms with Crippen LogP contribution >= 0.6 is 11.5 Å². The molecule has 15 heavy (non-hydrogen) atoms. The number of amides is 1. The molecule has 2 rings (SSSR count). The van der Waals surface area contributed by atoms with Crippen molar-refractivity contribution in [2.75, 3.05) is 13.2 Å². The summed E-state index contributed by atoms with van der Waals surface area (Å²) in [7, 11) is 0. The monoisotopic (exact) mass is 227 g/mol. The molecule has 0 aliphatic carbocycles. The lowest BCUT2D eigenvalue weighted by atomic mass is 10.1. The molecule has 0 bridgehead atoms. The molecule has 1 aromatic heterocycles. The molecule has 0 radical (unpaired) electrons. The summed E-state index contributed by atoms with van der Waals surface area (Å²) < 4.78 is 9.14. The number of carbonyl (C=O) groups excluding carboxylic acids is 1. The van der Waals surface area contributed by atoms with Gasteiger partial charge in [-0.15, -0.1) is 5.10 Å². The van der Waals surface area contributed by atoms with Crippen LogP contribution in [-0.4, -0.2) is 34.7 Å². The first-order chi connectivity index (χ1) is 7.36. The summed E-state index contributed by atoms with van der Waals surface area (Å²) in [6.45, 7) is 1.39. The Morgan fingerprint density at radius 2 is 2.60 bits per heavy atom. The van der Waals surface area contributed by atoms with E-state index in [1.165, 1.54) is 12.6 Å². The van der Waals surface area contributed by atoms with E-state index in [2.05, 4.69) is 14.9 Å². The molecular weight excluding hydrogens is 214 g/mol. The molecule has 1 fully saturated rings. The number of hydrogen-bond donors (Lipinski definition) is 1. The van der Waals surface area contributed by atoms with Gasteiger partial charge in [0.25, 0.3) is 5.91 Å². The summed E-state index contributed by atoms with van der Waals surface area (Å²) >= 11 is 1.10. The number of nitrogens with zero attached hydrogens (tertiary/aromatic N) is 2. The van der Waals surface area contributed by atoms with Crippen molar-refractivity contribution < 1.29 is 9.53 Å². The maximum absolute atomic E-state index is 11.5. The smallest absolute Gasteiger partial charge is 0.264 e. The molecule has 1 amide bonds. The predicted octanol–water partition coefficient (Wildman–Crippen LogP) is 0.837. The molecule has 1 N–H and O–H groups in total. The Morgan fingerprint density at radius 1 is 1.67 bits per heavy atom. The molecule has 0 saturated carbocycles. The van der Waals surface area contributed by atoms with Gasteiger partial charge in [-0.05, 0) is 30.8 Å². The van der Waals surface area contributed by atoms with Crippen LogP contribution in [0.5, 0.6) is 0 Å². The fourth-order valence-electron chi connectivity index (χ4n) is 1.53. The summed E-state index contributed by atoms with van der Waals surface area (Å²) in [5.41, 5.74) is 0. The van der Waals surface area contributed by atoms with E-state index in [0.717, 1.165) is 31.0 Å². The normalized spacial score (nSPS) is 21.2. The molecule has 1 aliphatic heterocycles. The second-order valence-corrected chi connectivity index (χ2v) is 4.27. The second kappa shape index (κ2) is 5.18. The molecule has 0 spiro atoms. The maximum Gasteiger partial charge on any atom is 0.264 e. The van der Waals surface area contributed by atoms with Crippen molar-refractivity contribution >= 4 is 17.4 Å². The van der Waals surface area contributed by atoms with Gasteiger partial charge in [0.1, 0.15) is 4.88 Å². The number of rotatable bonds is 3. The van der Waals surface area contributed by atoms with Gasteiger partial charge in [-0.2, -0.15) is 0 Å². The van der Waals surface area contributed by atoms with Gasteiger partial charge in [0, 0.05) is 13.2 Å². The first kappa shape index (κ1) is 10.5. The zero-order valence-electron chi connectivity index (χ0n) is 8.31. The Hall–Kier alpha value is -1.01. The highest BCUT2D eigenvalue weighted by molar-refractivity contribution is 7.07. The van der Waals surface area contributed by atoms with Crippen LogP contribution in [0.1, 0.15) is 28.9 Å². The average Bonchev–Trinajstić information content (AvgIpc) is 2.81. The number of ether oxygens (including phenoxy) is 1. The fraction of sp³-hybridized carbons (Fsp3) is 0.667. The van der Waals surface area contributed by atoms with Crippen LogP contribution in [0.15, 0.2) is 6.20 Å². The predicted molar refractivity (Wildman–Crippen MR) is 55.8 cm³/mol. The third-order valence-electron chi connectivity index (χ3n) is 2.35. The van der Waals surface area contributed by atoms with Gasteiger partial charge < -0.3 is 10.1 Å². The Bertz CT molecular complexity index is 309. The lowest BCUT2D eigenvalue weighted by Crippen LogP contribution is -2.35. The molecule has 2 heterocycles. The average molecular weight is 227 g/mol. The Balaban J connectivity index is 1.75. The zero-order valence-corrected chi connectivity index (χ0v) is 9.13. The first-order valence-electron chi connectivity index (χ1n) is 5.03. The SMILES string of the molecule is O=C(NCC1CCCCO1)c1cnns1. The minimum Gasteiger partial charge on any atom is -0.376 e. The highest BCUT2D eigenvalue weighted by atomic mass is 32.1. The molecule has 1 unspecified atom stereocenters. The number of nitrogens with one attached hydrogen (secondary N) is 1. The quantitative estimate of drug-likeness (QED) is 0.831. The van der Waals surface area contributed by atoms with E-state index in [-0.39, 0.29) is 12.0 Å². The van der Waals surface area contributed by atoms with E-state index in [9.17, 15) is 4.79 Å². The topological polar surface area (TPSA) is 64.1 Å². The maximum atomic E-state index is 11.5. The van der Waals surface area contributed by atoms with Crippen molar-refractivity contribution in [2.45, 2.75) is 25.4 Å². The van der Waals surface area contributed by atoms with E-state index in [1.807, 2.05) is 0 Å². The third-order valence-corrected chi connectivity index (χ3v) is 3.01. The molecule has 6 heteroatoms. The van der Waals surface area contributed by atoms with E-state index in [4.69, 9.17) is 4.74 Å². The van der Waals surface area contributed by atoms with Gasteiger partial charge in [0.2, 0.25) is 0 Å². The molecule has 1 atom stereocenters. The minimum atomic E-state index is -0.112. The lowest BCUT2D eigenvalue weighted by Gasteiger charge is -2.22. The van der Waals surface area contributed by atoms with Crippen molar-refractivity contribution in [3.8, 4) is 0 Å². The summed E-state index contributed by atoms with van der Waals surface area (Å²) in [4.78, 5) is 12.1. The number of hydrogen-bond acceptors (Lipinski definition) is 5. The summed E-state index contributed by atoms with van der Waals surface area (Å²) in [5, 5.41) is 6.44. The zero-order chi connectivity index (χ0) is 10.5.